The summed E-state index contributed by atoms with van der Waals surface area (Å²) in [7, 11) is 0. The maximum absolute atomic E-state index is 15.0. The smallest absolute Gasteiger partial charge is 0.429 e. The van der Waals surface area contributed by atoms with Gasteiger partial charge in [-0.15, -0.1) is 0 Å². The van der Waals surface area contributed by atoms with Crippen LogP contribution in [0.1, 0.15) is 63.9 Å². The van der Waals surface area contributed by atoms with Crippen LogP contribution in [0.25, 0.3) is 0 Å². The average Bonchev–Trinajstić information content (AvgIpc) is 2.95. The Morgan fingerprint density at radius 1 is 0.818 bits per heavy atom. The van der Waals surface area contributed by atoms with E-state index >= 15 is 0 Å². The molecule has 0 N–H and O–H groups in total. The zero-order valence-electron chi connectivity index (χ0n) is 23.5. The molecule has 14 heteroatoms. The Balaban J connectivity index is 1.36. The molecule has 1 aliphatic carbocycles. The number of hydrogen-bond donors (Lipinski definition) is 0. The predicted molar refractivity (Wildman–Crippen MR) is 137 cm³/mol. The van der Waals surface area contributed by atoms with E-state index in [1.54, 1.807) is 0 Å². The van der Waals surface area contributed by atoms with E-state index in [9.17, 15) is 43.9 Å². The third-order valence-corrected chi connectivity index (χ3v) is 7.94. The first kappa shape index (κ1) is 33.7. The summed E-state index contributed by atoms with van der Waals surface area (Å²) < 4.78 is 158. The minimum absolute atomic E-state index is 0.0227. The monoisotopic (exact) mass is 644 g/mol. The molecule has 2 unspecified atom stereocenters. The predicted octanol–water partition coefficient (Wildman–Crippen LogP) is 10.0. The van der Waals surface area contributed by atoms with Crippen molar-refractivity contribution < 1.29 is 62.9 Å². The molecule has 2 fully saturated rings. The number of benzene rings is 2. The van der Waals surface area contributed by atoms with E-state index in [0.717, 1.165) is 25.7 Å². The third-order valence-electron chi connectivity index (χ3n) is 7.94. The summed E-state index contributed by atoms with van der Waals surface area (Å²) in [6.45, 7) is 2.78. The minimum Gasteiger partial charge on any atom is -0.432 e. The van der Waals surface area contributed by atoms with Gasteiger partial charge in [0.2, 0.25) is 5.75 Å². The van der Waals surface area contributed by atoms with Crippen LogP contribution in [0.5, 0.6) is 17.2 Å². The molecule has 4 nitrogen and oxygen atoms in total. The second-order valence-corrected chi connectivity index (χ2v) is 11.0. The number of halogens is 10. The summed E-state index contributed by atoms with van der Waals surface area (Å²) in [5.74, 6) is -9.68. The largest absolute Gasteiger partial charge is 0.432 e. The minimum atomic E-state index is -4.60. The molecule has 0 amide bonds. The second-order valence-electron chi connectivity index (χ2n) is 11.0. The molecule has 2 aromatic rings. The van der Waals surface area contributed by atoms with Gasteiger partial charge >= 0.3 is 24.3 Å². The van der Waals surface area contributed by atoms with Gasteiger partial charge in [0.15, 0.2) is 11.6 Å². The van der Waals surface area contributed by atoms with Crippen LogP contribution in [0.4, 0.5) is 43.9 Å². The third kappa shape index (κ3) is 8.10. The van der Waals surface area contributed by atoms with Crippen molar-refractivity contribution in [2.45, 2.75) is 76.6 Å². The Kier molecular flexibility index (Phi) is 10.6. The highest BCUT2D eigenvalue weighted by Crippen LogP contribution is 2.44. The molecule has 0 bridgehead atoms. The maximum atomic E-state index is 15.0. The molecule has 2 aliphatic rings. The molecule has 2 aromatic carbocycles. The molecule has 1 saturated carbocycles. The van der Waals surface area contributed by atoms with Crippen molar-refractivity contribution in [2.24, 2.45) is 17.8 Å². The SMILES string of the molecule is CCCC1CCC(C2CCC(C(F)(F)Oc3ccc(C(F)(F)Oc4cc(F)c(OC(F)=C(F)F)c(F)c4)c(F)c3)CC2)OC1. The van der Waals surface area contributed by atoms with Gasteiger partial charge in [-0.05, 0) is 68.9 Å². The Morgan fingerprint density at radius 3 is 2.00 bits per heavy atom. The lowest BCUT2D eigenvalue weighted by atomic mass is 9.76. The van der Waals surface area contributed by atoms with Crippen molar-refractivity contribution in [1.29, 1.82) is 0 Å². The van der Waals surface area contributed by atoms with Gasteiger partial charge in [-0.2, -0.15) is 30.7 Å². The number of rotatable bonds is 11. The lowest BCUT2D eigenvalue weighted by Crippen LogP contribution is -2.40. The lowest BCUT2D eigenvalue weighted by Gasteiger charge is -2.39. The Bertz CT molecular complexity index is 1290. The fourth-order valence-electron chi connectivity index (χ4n) is 5.72. The van der Waals surface area contributed by atoms with Crippen LogP contribution in [0.15, 0.2) is 42.4 Å². The first-order chi connectivity index (χ1) is 20.7. The molecule has 0 aromatic heterocycles. The van der Waals surface area contributed by atoms with Crippen molar-refractivity contribution in [3.8, 4) is 17.2 Å². The van der Waals surface area contributed by atoms with Gasteiger partial charge in [-0.3, -0.25) is 0 Å². The maximum Gasteiger partial charge on any atom is 0.429 e. The van der Waals surface area contributed by atoms with Gasteiger partial charge in [-0.25, -0.2) is 13.2 Å². The number of ether oxygens (including phenoxy) is 4. The molecule has 0 radical (unpaired) electrons. The topological polar surface area (TPSA) is 36.9 Å². The molecular weight excluding hydrogens is 614 g/mol. The van der Waals surface area contributed by atoms with Crippen LogP contribution < -0.4 is 14.2 Å². The number of hydrogen-bond acceptors (Lipinski definition) is 4. The quantitative estimate of drug-likeness (QED) is 0.180. The summed E-state index contributed by atoms with van der Waals surface area (Å²) in [5.41, 5.74) is -1.49. The zero-order chi connectivity index (χ0) is 32.2. The fraction of sp³-hybridized carbons (Fsp3) is 0.533. The Labute approximate surface area is 246 Å². The highest BCUT2D eigenvalue weighted by molar-refractivity contribution is 5.37. The Morgan fingerprint density at radius 2 is 1.45 bits per heavy atom. The molecule has 244 valence electrons. The van der Waals surface area contributed by atoms with Crippen molar-refractivity contribution in [2.75, 3.05) is 6.61 Å². The summed E-state index contributed by atoms with van der Waals surface area (Å²) in [6, 6.07) is -1.14. The van der Waals surface area contributed by atoms with Gasteiger partial charge in [0.25, 0.3) is 0 Å². The lowest BCUT2D eigenvalue weighted by molar-refractivity contribution is -0.225. The molecule has 2 atom stereocenters. The van der Waals surface area contributed by atoms with Gasteiger partial charge < -0.3 is 18.9 Å². The standard InChI is InChI=1S/C30H30F10O4/c1-2-3-16-4-11-25(41-15-16)17-5-7-18(8-6-17)29(37,38)43-19-9-10-21(22(31)12-19)30(39,40)44-20-13-23(32)26(24(33)14-20)42-28(36)27(34)35/h9-10,12-14,16-18,25H,2-8,11,15H2,1H3. The molecule has 1 saturated heterocycles. The van der Waals surface area contributed by atoms with E-state index in [0.29, 0.717) is 43.6 Å². The molecule has 4 rings (SSSR count). The van der Waals surface area contributed by atoms with E-state index in [1.165, 1.54) is 0 Å². The molecule has 0 spiro atoms. The van der Waals surface area contributed by atoms with E-state index < -0.39 is 70.5 Å². The zero-order valence-corrected chi connectivity index (χ0v) is 23.5. The highest BCUT2D eigenvalue weighted by atomic mass is 19.3. The summed E-state index contributed by atoms with van der Waals surface area (Å²) in [4.78, 5) is 0. The normalized spacial score (nSPS) is 22.8. The fourth-order valence-corrected chi connectivity index (χ4v) is 5.72. The molecule has 1 aliphatic heterocycles. The van der Waals surface area contributed by atoms with E-state index in [-0.39, 0.29) is 37.0 Å². The second kappa shape index (κ2) is 13.9. The summed E-state index contributed by atoms with van der Waals surface area (Å²) >= 11 is 0. The van der Waals surface area contributed by atoms with Crippen LogP contribution in [0.2, 0.25) is 0 Å². The van der Waals surface area contributed by atoms with Gasteiger partial charge in [0, 0.05) is 24.8 Å². The van der Waals surface area contributed by atoms with Gasteiger partial charge in [0.05, 0.1) is 12.0 Å². The first-order valence-corrected chi connectivity index (χ1v) is 14.1. The van der Waals surface area contributed by atoms with Crippen LogP contribution >= 0.6 is 0 Å². The van der Waals surface area contributed by atoms with Crippen molar-refractivity contribution in [1.82, 2.24) is 0 Å². The van der Waals surface area contributed by atoms with E-state index in [1.807, 2.05) is 0 Å². The Hall–Kier alpha value is -3.16. The molecular formula is C30H30F10O4. The highest BCUT2D eigenvalue weighted by Gasteiger charge is 2.46. The summed E-state index contributed by atoms with van der Waals surface area (Å²) in [5, 5.41) is 0. The van der Waals surface area contributed by atoms with Crippen molar-refractivity contribution in [3.05, 3.63) is 65.4 Å². The first-order valence-electron chi connectivity index (χ1n) is 14.1. The van der Waals surface area contributed by atoms with Crippen LogP contribution in [-0.2, 0) is 10.8 Å². The van der Waals surface area contributed by atoms with Crippen LogP contribution in [0.3, 0.4) is 0 Å². The van der Waals surface area contributed by atoms with E-state index in [2.05, 4.69) is 16.4 Å². The van der Waals surface area contributed by atoms with Gasteiger partial charge in [-0.1, -0.05) is 13.3 Å². The van der Waals surface area contributed by atoms with Crippen LogP contribution in [0, 0.1) is 35.2 Å². The molecule has 44 heavy (non-hydrogen) atoms. The van der Waals surface area contributed by atoms with Crippen LogP contribution in [-0.4, -0.2) is 18.8 Å². The van der Waals surface area contributed by atoms with Crippen molar-refractivity contribution in [3.63, 3.8) is 0 Å². The van der Waals surface area contributed by atoms with Crippen molar-refractivity contribution >= 4 is 0 Å². The number of alkyl halides is 4. The average molecular weight is 645 g/mol. The summed E-state index contributed by atoms with van der Waals surface area (Å²) in [6.07, 6.45) is -5.99. The van der Waals surface area contributed by atoms with Gasteiger partial charge in [0.1, 0.15) is 22.9 Å². The molecule has 1 heterocycles. The van der Waals surface area contributed by atoms with E-state index in [4.69, 9.17) is 9.47 Å².